The number of amides is 2. The lowest BCUT2D eigenvalue weighted by atomic mass is 9.99. The Labute approximate surface area is 137 Å². The molecule has 1 aromatic heterocycles. The van der Waals surface area contributed by atoms with Gasteiger partial charge < -0.3 is 10.2 Å². The SMILES string of the molecule is Cc1cccnc1CNC(=O)N1CC[C@@H](Cc2ccccc2)C1. The Morgan fingerprint density at radius 3 is 2.87 bits per heavy atom. The third kappa shape index (κ3) is 4.09. The van der Waals surface area contributed by atoms with Crippen LogP contribution < -0.4 is 5.32 Å². The normalized spacial score (nSPS) is 17.3. The van der Waals surface area contributed by atoms with E-state index in [1.165, 1.54) is 5.56 Å². The van der Waals surface area contributed by atoms with E-state index in [2.05, 4.69) is 34.6 Å². The summed E-state index contributed by atoms with van der Waals surface area (Å²) in [5, 5.41) is 2.99. The van der Waals surface area contributed by atoms with Crippen molar-refractivity contribution in [2.75, 3.05) is 13.1 Å². The number of rotatable bonds is 4. The Bertz CT molecular complexity index is 657. The Balaban J connectivity index is 1.49. The molecule has 1 aliphatic rings. The summed E-state index contributed by atoms with van der Waals surface area (Å²) < 4.78 is 0. The lowest BCUT2D eigenvalue weighted by Gasteiger charge is -2.17. The van der Waals surface area contributed by atoms with E-state index in [-0.39, 0.29) is 6.03 Å². The predicted octanol–water partition coefficient (Wildman–Crippen LogP) is 3.16. The first-order valence-electron chi connectivity index (χ1n) is 8.19. The number of aromatic nitrogens is 1. The molecule has 2 amide bonds. The molecule has 0 radical (unpaired) electrons. The molecule has 23 heavy (non-hydrogen) atoms. The van der Waals surface area contributed by atoms with E-state index in [0.29, 0.717) is 12.5 Å². The molecule has 1 N–H and O–H groups in total. The summed E-state index contributed by atoms with van der Waals surface area (Å²) in [6.07, 6.45) is 3.88. The van der Waals surface area contributed by atoms with Crippen LogP contribution in [0.1, 0.15) is 23.2 Å². The molecule has 0 unspecified atom stereocenters. The van der Waals surface area contributed by atoms with Gasteiger partial charge in [-0.15, -0.1) is 0 Å². The van der Waals surface area contributed by atoms with Crippen LogP contribution in [0.15, 0.2) is 48.7 Å². The summed E-state index contributed by atoms with van der Waals surface area (Å²) in [5.41, 5.74) is 3.39. The van der Waals surface area contributed by atoms with Gasteiger partial charge in [0.05, 0.1) is 12.2 Å². The number of nitrogens with one attached hydrogen (secondary N) is 1. The number of pyridine rings is 1. The highest BCUT2D eigenvalue weighted by Gasteiger charge is 2.26. The molecule has 1 atom stereocenters. The van der Waals surface area contributed by atoms with Crippen molar-refractivity contribution in [2.24, 2.45) is 5.92 Å². The molecule has 120 valence electrons. The quantitative estimate of drug-likeness (QED) is 0.943. The van der Waals surface area contributed by atoms with Crippen LogP contribution in [-0.2, 0) is 13.0 Å². The summed E-state index contributed by atoms with van der Waals surface area (Å²) in [5.74, 6) is 0.555. The van der Waals surface area contributed by atoms with Crippen molar-refractivity contribution in [2.45, 2.75) is 26.3 Å². The van der Waals surface area contributed by atoms with Crippen LogP contribution >= 0.6 is 0 Å². The number of carbonyl (C=O) groups is 1. The lowest BCUT2D eigenvalue weighted by molar-refractivity contribution is 0.206. The minimum Gasteiger partial charge on any atom is -0.332 e. The van der Waals surface area contributed by atoms with E-state index < -0.39 is 0 Å². The molecule has 4 heteroatoms. The molecular weight excluding hydrogens is 286 g/mol. The molecule has 0 aliphatic carbocycles. The second-order valence-electron chi connectivity index (χ2n) is 6.22. The fraction of sp³-hybridized carbons (Fsp3) is 0.368. The minimum atomic E-state index is 0.0191. The zero-order chi connectivity index (χ0) is 16.1. The van der Waals surface area contributed by atoms with Crippen molar-refractivity contribution in [3.8, 4) is 0 Å². The van der Waals surface area contributed by atoms with Crippen LogP contribution in [0.4, 0.5) is 4.79 Å². The number of hydrogen-bond acceptors (Lipinski definition) is 2. The highest BCUT2D eigenvalue weighted by Crippen LogP contribution is 2.20. The molecule has 2 aromatic rings. The van der Waals surface area contributed by atoms with Gasteiger partial charge in [-0.05, 0) is 42.9 Å². The Hall–Kier alpha value is -2.36. The van der Waals surface area contributed by atoms with Crippen LogP contribution in [0, 0.1) is 12.8 Å². The monoisotopic (exact) mass is 309 g/mol. The zero-order valence-corrected chi connectivity index (χ0v) is 13.5. The number of urea groups is 1. The highest BCUT2D eigenvalue weighted by atomic mass is 16.2. The number of benzene rings is 1. The maximum Gasteiger partial charge on any atom is 0.317 e. The van der Waals surface area contributed by atoms with E-state index in [0.717, 1.165) is 37.2 Å². The van der Waals surface area contributed by atoms with Gasteiger partial charge in [-0.1, -0.05) is 36.4 Å². The smallest absolute Gasteiger partial charge is 0.317 e. The Morgan fingerprint density at radius 2 is 2.09 bits per heavy atom. The van der Waals surface area contributed by atoms with Crippen molar-refractivity contribution in [3.63, 3.8) is 0 Å². The van der Waals surface area contributed by atoms with E-state index in [9.17, 15) is 4.79 Å². The van der Waals surface area contributed by atoms with Crippen LogP contribution in [-0.4, -0.2) is 29.0 Å². The van der Waals surface area contributed by atoms with Gasteiger partial charge in [-0.2, -0.15) is 0 Å². The van der Waals surface area contributed by atoms with Gasteiger partial charge in [0.15, 0.2) is 0 Å². The Kier molecular flexibility index (Phi) is 4.91. The van der Waals surface area contributed by atoms with E-state index in [1.807, 2.05) is 30.0 Å². The van der Waals surface area contributed by atoms with E-state index >= 15 is 0 Å². The summed E-state index contributed by atoms with van der Waals surface area (Å²) in [4.78, 5) is 18.6. The minimum absolute atomic E-state index is 0.0191. The van der Waals surface area contributed by atoms with Crippen LogP contribution in [0.2, 0.25) is 0 Å². The van der Waals surface area contributed by atoms with E-state index in [4.69, 9.17) is 0 Å². The van der Waals surface area contributed by atoms with E-state index in [1.54, 1.807) is 6.20 Å². The number of nitrogens with zero attached hydrogens (tertiary/aromatic N) is 2. The van der Waals surface area contributed by atoms with Gasteiger partial charge >= 0.3 is 6.03 Å². The van der Waals surface area contributed by atoms with Crippen molar-refractivity contribution in [3.05, 3.63) is 65.5 Å². The molecular formula is C19H23N3O. The van der Waals surface area contributed by atoms with Gasteiger partial charge in [0, 0.05) is 19.3 Å². The van der Waals surface area contributed by atoms with Gasteiger partial charge in [-0.25, -0.2) is 4.79 Å². The second kappa shape index (κ2) is 7.27. The molecule has 1 aliphatic heterocycles. The zero-order valence-electron chi connectivity index (χ0n) is 13.5. The lowest BCUT2D eigenvalue weighted by Crippen LogP contribution is -2.38. The fourth-order valence-electron chi connectivity index (χ4n) is 3.11. The summed E-state index contributed by atoms with van der Waals surface area (Å²) >= 11 is 0. The number of likely N-dealkylation sites (tertiary alicyclic amines) is 1. The van der Waals surface area contributed by atoms with Gasteiger partial charge in [0.2, 0.25) is 0 Å². The van der Waals surface area contributed by atoms with Crippen LogP contribution in [0.3, 0.4) is 0 Å². The average molecular weight is 309 g/mol. The Morgan fingerprint density at radius 1 is 1.26 bits per heavy atom. The fourth-order valence-corrected chi connectivity index (χ4v) is 3.11. The number of aryl methyl sites for hydroxylation is 1. The number of carbonyl (C=O) groups excluding carboxylic acids is 1. The first-order valence-corrected chi connectivity index (χ1v) is 8.19. The maximum absolute atomic E-state index is 12.3. The predicted molar refractivity (Wildman–Crippen MR) is 91.0 cm³/mol. The van der Waals surface area contributed by atoms with Crippen molar-refractivity contribution < 1.29 is 4.79 Å². The molecule has 0 bridgehead atoms. The average Bonchev–Trinajstić information content (AvgIpc) is 3.03. The third-order valence-electron chi connectivity index (χ3n) is 4.47. The first kappa shape index (κ1) is 15.5. The molecule has 3 rings (SSSR count). The second-order valence-corrected chi connectivity index (χ2v) is 6.22. The standard InChI is InChI=1S/C19H23N3O/c1-15-6-5-10-20-18(15)13-21-19(23)22-11-9-17(14-22)12-16-7-3-2-4-8-16/h2-8,10,17H,9,11-14H2,1H3,(H,21,23)/t17-/m0/s1. The summed E-state index contributed by atoms with van der Waals surface area (Å²) in [6.45, 7) is 4.18. The molecule has 1 fully saturated rings. The van der Waals surface area contributed by atoms with Crippen LogP contribution in [0.5, 0.6) is 0 Å². The topological polar surface area (TPSA) is 45.2 Å². The molecule has 0 saturated carbocycles. The van der Waals surface area contributed by atoms with Crippen molar-refractivity contribution >= 4 is 6.03 Å². The largest absolute Gasteiger partial charge is 0.332 e. The van der Waals surface area contributed by atoms with Crippen molar-refractivity contribution in [1.29, 1.82) is 0 Å². The molecule has 4 nitrogen and oxygen atoms in total. The maximum atomic E-state index is 12.3. The third-order valence-corrected chi connectivity index (χ3v) is 4.47. The van der Waals surface area contributed by atoms with Gasteiger partial charge in [0.25, 0.3) is 0 Å². The number of hydrogen-bond donors (Lipinski definition) is 1. The summed E-state index contributed by atoms with van der Waals surface area (Å²) in [6, 6.07) is 14.4. The summed E-state index contributed by atoms with van der Waals surface area (Å²) in [7, 11) is 0. The highest BCUT2D eigenvalue weighted by molar-refractivity contribution is 5.74. The molecule has 2 heterocycles. The molecule has 0 spiro atoms. The van der Waals surface area contributed by atoms with Crippen molar-refractivity contribution in [1.82, 2.24) is 15.2 Å². The molecule has 1 saturated heterocycles. The van der Waals surface area contributed by atoms with Crippen LogP contribution in [0.25, 0.3) is 0 Å². The first-order chi connectivity index (χ1) is 11.2. The molecule has 1 aromatic carbocycles. The van der Waals surface area contributed by atoms with Gasteiger partial charge in [-0.3, -0.25) is 4.98 Å². The van der Waals surface area contributed by atoms with Gasteiger partial charge in [0.1, 0.15) is 0 Å².